The fourth-order valence-electron chi connectivity index (χ4n) is 3.77. The molecule has 0 fully saturated rings. The standard InChI is InChI=1S/C18H28O/c1-12-10-16(3,4)14-8-9-18(7,13(2)19)11-15(14)17(12,5)6/h8-9,12H,10-11H2,1-7H3. The Morgan fingerprint density at radius 2 is 1.79 bits per heavy atom. The molecule has 2 aliphatic rings. The molecule has 0 aromatic carbocycles. The van der Waals surface area contributed by atoms with Gasteiger partial charge in [0.15, 0.2) is 0 Å². The van der Waals surface area contributed by atoms with Crippen LogP contribution in [0.25, 0.3) is 0 Å². The summed E-state index contributed by atoms with van der Waals surface area (Å²) in [4.78, 5) is 12.0. The van der Waals surface area contributed by atoms with Crippen LogP contribution in [0.1, 0.15) is 61.3 Å². The Morgan fingerprint density at radius 3 is 2.32 bits per heavy atom. The Balaban J connectivity index is 2.55. The summed E-state index contributed by atoms with van der Waals surface area (Å²) in [6.45, 7) is 15.5. The molecule has 0 N–H and O–H groups in total. The van der Waals surface area contributed by atoms with Crippen molar-refractivity contribution in [2.75, 3.05) is 0 Å². The minimum absolute atomic E-state index is 0.201. The Labute approximate surface area is 118 Å². The van der Waals surface area contributed by atoms with Crippen LogP contribution < -0.4 is 0 Å². The second-order valence-electron chi connectivity index (χ2n) is 8.09. The predicted molar refractivity (Wildman–Crippen MR) is 80.9 cm³/mol. The van der Waals surface area contributed by atoms with Crippen molar-refractivity contribution in [2.24, 2.45) is 22.2 Å². The van der Waals surface area contributed by atoms with Crippen LogP contribution in [-0.2, 0) is 4.79 Å². The molecule has 0 radical (unpaired) electrons. The molecule has 19 heavy (non-hydrogen) atoms. The fraction of sp³-hybridized carbons (Fsp3) is 0.722. The third kappa shape index (κ3) is 2.11. The van der Waals surface area contributed by atoms with E-state index in [1.807, 2.05) is 0 Å². The van der Waals surface area contributed by atoms with Crippen molar-refractivity contribution in [3.05, 3.63) is 23.3 Å². The topological polar surface area (TPSA) is 17.1 Å². The molecule has 2 unspecified atom stereocenters. The molecular formula is C18H28O. The summed E-state index contributed by atoms with van der Waals surface area (Å²) >= 11 is 0. The first-order valence-corrected chi connectivity index (χ1v) is 7.45. The molecule has 0 amide bonds. The summed E-state index contributed by atoms with van der Waals surface area (Å²) in [6.07, 6.45) is 6.50. The van der Waals surface area contributed by atoms with Gasteiger partial charge in [0.2, 0.25) is 0 Å². The summed E-state index contributed by atoms with van der Waals surface area (Å²) in [5, 5.41) is 0. The van der Waals surface area contributed by atoms with Gasteiger partial charge in [0.1, 0.15) is 5.78 Å². The van der Waals surface area contributed by atoms with Crippen LogP contribution in [0.15, 0.2) is 23.3 Å². The molecular weight excluding hydrogens is 232 g/mol. The van der Waals surface area contributed by atoms with Gasteiger partial charge in [-0.05, 0) is 49.0 Å². The Kier molecular flexibility index (Phi) is 3.12. The molecule has 2 atom stereocenters. The van der Waals surface area contributed by atoms with Crippen molar-refractivity contribution in [1.82, 2.24) is 0 Å². The van der Waals surface area contributed by atoms with Gasteiger partial charge in [-0.1, -0.05) is 52.3 Å². The zero-order valence-corrected chi connectivity index (χ0v) is 13.6. The van der Waals surface area contributed by atoms with Gasteiger partial charge < -0.3 is 0 Å². The summed E-state index contributed by atoms with van der Waals surface area (Å²) in [6, 6.07) is 0. The van der Waals surface area contributed by atoms with E-state index in [-0.39, 0.29) is 22.0 Å². The maximum Gasteiger partial charge on any atom is 0.139 e. The lowest BCUT2D eigenvalue weighted by molar-refractivity contribution is -0.123. The van der Waals surface area contributed by atoms with Gasteiger partial charge >= 0.3 is 0 Å². The van der Waals surface area contributed by atoms with E-state index >= 15 is 0 Å². The van der Waals surface area contributed by atoms with Crippen molar-refractivity contribution in [3.8, 4) is 0 Å². The Morgan fingerprint density at radius 1 is 1.21 bits per heavy atom. The second kappa shape index (κ2) is 4.07. The van der Waals surface area contributed by atoms with Gasteiger partial charge in [0, 0.05) is 5.41 Å². The molecule has 106 valence electrons. The molecule has 0 spiro atoms. The van der Waals surface area contributed by atoms with Crippen molar-refractivity contribution >= 4 is 5.78 Å². The van der Waals surface area contributed by atoms with E-state index in [0.717, 1.165) is 6.42 Å². The van der Waals surface area contributed by atoms with Crippen molar-refractivity contribution in [2.45, 2.75) is 61.3 Å². The van der Waals surface area contributed by atoms with Crippen LogP contribution in [0.2, 0.25) is 0 Å². The van der Waals surface area contributed by atoms with E-state index in [1.54, 1.807) is 6.92 Å². The van der Waals surface area contributed by atoms with E-state index < -0.39 is 0 Å². The van der Waals surface area contributed by atoms with Crippen LogP contribution in [0, 0.1) is 22.2 Å². The normalized spacial score (nSPS) is 36.1. The highest BCUT2D eigenvalue weighted by Crippen LogP contribution is 2.57. The highest BCUT2D eigenvalue weighted by atomic mass is 16.1. The number of carbonyl (C=O) groups excluding carboxylic acids is 1. The Hall–Kier alpha value is -0.850. The van der Waals surface area contributed by atoms with Crippen LogP contribution in [0.3, 0.4) is 0 Å². The minimum Gasteiger partial charge on any atom is -0.299 e. The van der Waals surface area contributed by atoms with E-state index in [0.29, 0.717) is 5.92 Å². The third-order valence-corrected chi connectivity index (χ3v) is 5.85. The first-order chi connectivity index (χ1) is 8.51. The molecule has 1 nitrogen and oxygen atoms in total. The smallest absolute Gasteiger partial charge is 0.139 e. The number of rotatable bonds is 1. The van der Waals surface area contributed by atoms with E-state index in [9.17, 15) is 4.79 Å². The summed E-state index contributed by atoms with van der Waals surface area (Å²) < 4.78 is 0. The van der Waals surface area contributed by atoms with Gasteiger partial charge in [0.05, 0.1) is 0 Å². The minimum atomic E-state index is -0.302. The second-order valence-corrected chi connectivity index (χ2v) is 8.09. The number of hydrogen-bond acceptors (Lipinski definition) is 1. The van der Waals surface area contributed by atoms with Crippen LogP contribution >= 0.6 is 0 Å². The zero-order chi connectivity index (χ0) is 14.6. The molecule has 0 aliphatic heterocycles. The quantitative estimate of drug-likeness (QED) is 0.653. The van der Waals surface area contributed by atoms with E-state index in [1.165, 1.54) is 17.6 Å². The average molecular weight is 260 g/mol. The average Bonchev–Trinajstić information content (AvgIpc) is 2.26. The molecule has 0 bridgehead atoms. The molecule has 1 heteroatoms. The fourth-order valence-corrected chi connectivity index (χ4v) is 3.77. The van der Waals surface area contributed by atoms with Gasteiger partial charge in [-0.25, -0.2) is 0 Å². The molecule has 0 saturated carbocycles. The number of ketones is 1. The first kappa shape index (κ1) is 14.6. The SMILES string of the molecule is CC(=O)C1(C)C=CC2=C(C1)C(C)(C)C(C)CC2(C)C. The number of allylic oxidation sites excluding steroid dienone is 4. The van der Waals surface area contributed by atoms with Crippen LogP contribution in [0.4, 0.5) is 0 Å². The monoisotopic (exact) mass is 260 g/mol. The van der Waals surface area contributed by atoms with Crippen molar-refractivity contribution in [1.29, 1.82) is 0 Å². The summed E-state index contributed by atoms with van der Waals surface area (Å²) in [7, 11) is 0. The van der Waals surface area contributed by atoms with Crippen molar-refractivity contribution < 1.29 is 4.79 Å². The number of Topliss-reactive ketones (excluding diaryl/α,β-unsaturated/α-hetero) is 1. The summed E-state index contributed by atoms with van der Waals surface area (Å²) in [5.74, 6) is 0.936. The molecule has 0 saturated heterocycles. The predicted octanol–water partition coefficient (Wildman–Crippen LogP) is 4.93. The zero-order valence-electron chi connectivity index (χ0n) is 13.6. The number of carbonyl (C=O) groups is 1. The van der Waals surface area contributed by atoms with Gasteiger partial charge in [0.25, 0.3) is 0 Å². The lowest BCUT2D eigenvalue weighted by Crippen LogP contribution is -2.41. The van der Waals surface area contributed by atoms with Crippen LogP contribution in [-0.4, -0.2) is 5.78 Å². The van der Waals surface area contributed by atoms with Crippen molar-refractivity contribution in [3.63, 3.8) is 0 Å². The third-order valence-electron chi connectivity index (χ3n) is 5.85. The number of hydrogen-bond donors (Lipinski definition) is 0. The molecule has 0 aromatic rings. The largest absolute Gasteiger partial charge is 0.299 e. The van der Waals surface area contributed by atoms with Gasteiger partial charge in [-0.2, -0.15) is 0 Å². The van der Waals surface area contributed by atoms with Gasteiger partial charge in [-0.3, -0.25) is 4.79 Å². The maximum absolute atomic E-state index is 12.0. The first-order valence-electron chi connectivity index (χ1n) is 7.45. The maximum atomic E-state index is 12.0. The molecule has 2 rings (SSSR count). The lowest BCUT2D eigenvalue weighted by Gasteiger charge is -2.50. The Bertz CT molecular complexity index is 476. The van der Waals surface area contributed by atoms with E-state index in [2.05, 4.69) is 53.7 Å². The van der Waals surface area contributed by atoms with Gasteiger partial charge in [-0.15, -0.1) is 0 Å². The molecule has 0 aromatic heterocycles. The highest BCUT2D eigenvalue weighted by molar-refractivity contribution is 5.85. The molecule has 0 heterocycles. The lowest BCUT2D eigenvalue weighted by atomic mass is 9.54. The highest BCUT2D eigenvalue weighted by Gasteiger charge is 2.46. The van der Waals surface area contributed by atoms with Crippen LogP contribution in [0.5, 0.6) is 0 Å². The molecule has 2 aliphatic carbocycles. The summed E-state index contributed by atoms with van der Waals surface area (Å²) in [5.41, 5.74) is 3.12. The van der Waals surface area contributed by atoms with E-state index in [4.69, 9.17) is 0 Å².